The van der Waals surface area contributed by atoms with Crippen LogP contribution in [0.1, 0.15) is 28.1 Å². The smallest absolute Gasteiger partial charge is 0.248 e. The third-order valence-corrected chi connectivity index (χ3v) is 3.83. The van der Waals surface area contributed by atoms with Crippen molar-refractivity contribution in [1.29, 1.82) is 0 Å². The van der Waals surface area contributed by atoms with Crippen molar-refractivity contribution in [2.24, 2.45) is 7.05 Å². The van der Waals surface area contributed by atoms with Crippen LogP contribution in [0.3, 0.4) is 0 Å². The van der Waals surface area contributed by atoms with Gasteiger partial charge in [-0.15, -0.1) is 0 Å². The summed E-state index contributed by atoms with van der Waals surface area (Å²) in [5, 5.41) is 7.25. The lowest BCUT2D eigenvalue weighted by Crippen LogP contribution is -2.09. The molecule has 1 aromatic carbocycles. The predicted molar refractivity (Wildman–Crippen MR) is 86.3 cm³/mol. The largest absolute Gasteiger partial charge is 0.322 e. The van der Waals surface area contributed by atoms with Gasteiger partial charge in [0, 0.05) is 30.1 Å². The van der Waals surface area contributed by atoms with Gasteiger partial charge in [-0.2, -0.15) is 5.10 Å². The number of carbonyl (C=O) groups excluding carboxylic acids is 1. The Morgan fingerprint density at radius 1 is 1.24 bits per heavy atom. The summed E-state index contributed by atoms with van der Waals surface area (Å²) in [5.74, 6) is -0.133. The van der Waals surface area contributed by atoms with E-state index in [1.54, 1.807) is 6.08 Å². The molecule has 110 valence electrons. The highest BCUT2D eigenvalue weighted by atomic mass is 16.1. The van der Waals surface area contributed by atoms with Crippen molar-refractivity contribution in [1.82, 2.24) is 9.78 Å². The molecule has 0 fully saturated rings. The molecule has 4 heteroatoms. The van der Waals surface area contributed by atoms with Crippen molar-refractivity contribution >= 4 is 17.7 Å². The molecular formula is C17H21N3O. The highest BCUT2D eigenvalue weighted by Gasteiger charge is 2.07. The van der Waals surface area contributed by atoms with Gasteiger partial charge in [-0.05, 0) is 51.0 Å². The Bertz CT molecular complexity index is 711. The maximum atomic E-state index is 12.1. The zero-order valence-electron chi connectivity index (χ0n) is 13.2. The lowest BCUT2D eigenvalue weighted by Gasteiger charge is -2.08. The Kier molecular flexibility index (Phi) is 4.26. The minimum atomic E-state index is -0.133. The normalized spacial score (nSPS) is 11.1. The van der Waals surface area contributed by atoms with Gasteiger partial charge in [-0.3, -0.25) is 9.48 Å². The Morgan fingerprint density at radius 2 is 1.95 bits per heavy atom. The maximum Gasteiger partial charge on any atom is 0.248 e. The fourth-order valence-electron chi connectivity index (χ4n) is 2.25. The number of aryl methyl sites for hydroxylation is 3. The molecule has 0 aliphatic heterocycles. The van der Waals surface area contributed by atoms with E-state index in [4.69, 9.17) is 0 Å². The van der Waals surface area contributed by atoms with Crippen LogP contribution < -0.4 is 5.32 Å². The molecule has 1 aromatic heterocycles. The molecule has 0 saturated heterocycles. The van der Waals surface area contributed by atoms with E-state index in [1.165, 1.54) is 0 Å². The van der Waals surface area contributed by atoms with Gasteiger partial charge in [-0.1, -0.05) is 12.1 Å². The van der Waals surface area contributed by atoms with Gasteiger partial charge >= 0.3 is 0 Å². The first-order valence-corrected chi connectivity index (χ1v) is 6.95. The molecule has 0 atom stereocenters. The molecule has 0 saturated carbocycles. The van der Waals surface area contributed by atoms with Gasteiger partial charge in [0.1, 0.15) is 0 Å². The zero-order valence-corrected chi connectivity index (χ0v) is 13.2. The van der Waals surface area contributed by atoms with Crippen molar-refractivity contribution in [3.05, 3.63) is 52.4 Å². The molecule has 21 heavy (non-hydrogen) atoms. The third kappa shape index (κ3) is 3.21. The highest BCUT2D eigenvalue weighted by molar-refractivity contribution is 6.02. The monoisotopic (exact) mass is 283 g/mol. The molecular weight excluding hydrogens is 262 g/mol. The van der Waals surface area contributed by atoms with E-state index >= 15 is 0 Å². The molecule has 2 rings (SSSR count). The van der Waals surface area contributed by atoms with Crippen LogP contribution in [-0.2, 0) is 11.8 Å². The van der Waals surface area contributed by atoms with Crippen LogP contribution in [0.5, 0.6) is 0 Å². The van der Waals surface area contributed by atoms with Crippen LogP contribution in [0.25, 0.3) is 6.08 Å². The Labute approximate surface area is 125 Å². The number of nitrogens with one attached hydrogen (secondary N) is 1. The number of rotatable bonds is 3. The Morgan fingerprint density at radius 3 is 2.57 bits per heavy atom. The molecule has 2 aromatic rings. The average Bonchev–Trinajstić information content (AvgIpc) is 2.67. The van der Waals surface area contributed by atoms with Gasteiger partial charge in [-0.25, -0.2) is 0 Å². The molecule has 4 nitrogen and oxygen atoms in total. The number of carbonyl (C=O) groups is 1. The topological polar surface area (TPSA) is 46.9 Å². The number of hydrogen-bond donors (Lipinski definition) is 1. The minimum Gasteiger partial charge on any atom is -0.322 e. The van der Waals surface area contributed by atoms with Crippen LogP contribution in [0.4, 0.5) is 5.69 Å². The number of benzene rings is 1. The van der Waals surface area contributed by atoms with Crippen molar-refractivity contribution < 1.29 is 4.79 Å². The summed E-state index contributed by atoms with van der Waals surface area (Å²) in [6, 6.07) is 5.88. The van der Waals surface area contributed by atoms with Gasteiger partial charge in [0.15, 0.2) is 0 Å². The fraction of sp³-hybridized carbons (Fsp3) is 0.294. The summed E-state index contributed by atoms with van der Waals surface area (Å²) >= 11 is 0. The van der Waals surface area contributed by atoms with Gasteiger partial charge in [0.05, 0.1) is 5.69 Å². The summed E-state index contributed by atoms with van der Waals surface area (Å²) in [5.41, 5.74) is 6.07. The average molecular weight is 283 g/mol. The summed E-state index contributed by atoms with van der Waals surface area (Å²) in [6.45, 7) is 7.96. The second-order valence-corrected chi connectivity index (χ2v) is 5.28. The number of hydrogen-bond acceptors (Lipinski definition) is 2. The molecule has 1 heterocycles. The standard InChI is InChI=1S/C17H21N3O/c1-11-7-6-8-16(12(11)2)18-17(21)10-9-15-13(3)19-20(5)14(15)4/h6-10H,1-5H3,(H,18,21)/b10-9+. The van der Waals surface area contributed by atoms with Crippen LogP contribution >= 0.6 is 0 Å². The summed E-state index contributed by atoms with van der Waals surface area (Å²) < 4.78 is 1.82. The highest BCUT2D eigenvalue weighted by Crippen LogP contribution is 2.18. The first kappa shape index (κ1) is 15.0. The molecule has 0 bridgehead atoms. The van der Waals surface area contributed by atoms with Gasteiger partial charge < -0.3 is 5.32 Å². The minimum absolute atomic E-state index is 0.133. The van der Waals surface area contributed by atoms with E-state index in [9.17, 15) is 4.79 Å². The van der Waals surface area contributed by atoms with Gasteiger partial charge in [0.2, 0.25) is 5.91 Å². The van der Waals surface area contributed by atoms with E-state index in [2.05, 4.69) is 10.4 Å². The Balaban J connectivity index is 2.15. The number of anilines is 1. The SMILES string of the molecule is Cc1cccc(NC(=O)/C=C/c2c(C)nn(C)c2C)c1C. The van der Waals surface area contributed by atoms with E-state index in [0.717, 1.165) is 33.8 Å². The molecule has 0 aliphatic rings. The first-order chi connectivity index (χ1) is 9.90. The predicted octanol–water partition coefficient (Wildman–Crippen LogP) is 3.31. The van der Waals surface area contributed by atoms with Crippen molar-refractivity contribution in [3.8, 4) is 0 Å². The van der Waals surface area contributed by atoms with Crippen molar-refractivity contribution in [3.63, 3.8) is 0 Å². The molecule has 1 N–H and O–H groups in total. The lowest BCUT2D eigenvalue weighted by atomic mass is 10.1. The third-order valence-electron chi connectivity index (χ3n) is 3.83. The molecule has 1 amide bonds. The van der Waals surface area contributed by atoms with Gasteiger partial charge in [0.25, 0.3) is 0 Å². The Hall–Kier alpha value is -2.36. The van der Waals surface area contributed by atoms with Crippen LogP contribution in [0.15, 0.2) is 24.3 Å². The first-order valence-electron chi connectivity index (χ1n) is 6.95. The van der Waals surface area contributed by atoms with Crippen LogP contribution in [0.2, 0.25) is 0 Å². The van der Waals surface area contributed by atoms with E-state index in [1.807, 2.05) is 63.7 Å². The number of amides is 1. The summed E-state index contributed by atoms with van der Waals surface area (Å²) in [4.78, 5) is 12.1. The number of aromatic nitrogens is 2. The zero-order chi connectivity index (χ0) is 15.6. The second-order valence-electron chi connectivity index (χ2n) is 5.28. The lowest BCUT2D eigenvalue weighted by molar-refractivity contribution is -0.111. The fourth-order valence-corrected chi connectivity index (χ4v) is 2.25. The number of nitrogens with zero attached hydrogens (tertiary/aromatic N) is 2. The summed E-state index contributed by atoms with van der Waals surface area (Å²) in [7, 11) is 1.90. The van der Waals surface area contributed by atoms with Crippen LogP contribution in [-0.4, -0.2) is 15.7 Å². The van der Waals surface area contributed by atoms with Crippen molar-refractivity contribution in [2.75, 3.05) is 5.32 Å². The van der Waals surface area contributed by atoms with E-state index in [0.29, 0.717) is 0 Å². The quantitative estimate of drug-likeness (QED) is 0.878. The second kappa shape index (κ2) is 5.95. The molecule has 0 spiro atoms. The molecule has 0 radical (unpaired) electrons. The molecule has 0 aliphatic carbocycles. The maximum absolute atomic E-state index is 12.1. The van der Waals surface area contributed by atoms with E-state index < -0.39 is 0 Å². The molecule has 0 unspecified atom stereocenters. The summed E-state index contributed by atoms with van der Waals surface area (Å²) in [6.07, 6.45) is 3.37. The van der Waals surface area contributed by atoms with E-state index in [-0.39, 0.29) is 5.91 Å². The van der Waals surface area contributed by atoms with Crippen molar-refractivity contribution in [2.45, 2.75) is 27.7 Å². The van der Waals surface area contributed by atoms with Crippen LogP contribution in [0, 0.1) is 27.7 Å².